The molecule has 0 bridgehead atoms. The summed E-state index contributed by atoms with van der Waals surface area (Å²) in [5.41, 5.74) is 3.70. The third-order valence-corrected chi connectivity index (χ3v) is 5.95. The highest BCUT2D eigenvalue weighted by atomic mass is 32.2. The van der Waals surface area contributed by atoms with Crippen molar-refractivity contribution in [2.75, 3.05) is 24.1 Å². The summed E-state index contributed by atoms with van der Waals surface area (Å²) >= 11 is 0. The van der Waals surface area contributed by atoms with E-state index < -0.39 is 10.0 Å². The Balaban J connectivity index is 1.45. The van der Waals surface area contributed by atoms with E-state index >= 15 is 0 Å². The maximum absolute atomic E-state index is 12.9. The SMILES string of the molecule is Cc1ccc(C(=O)N2CCC(c3nc4ccccc4[nH]3)CC2)cc1NS(C)(=O)=O. The van der Waals surface area contributed by atoms with Gasteiger partial charge in [-0.3, -0.25) is 9.52 Å². The minimum Gasteiger partial charge on any atom is -0.342 e. The van der Waals surface area contributed by atoms with Crippen molar-refractivity contribution in [3.63, 3.8) is 0 Å². The standard InChI is InChI=1S/C21H24N4O3S/c1-14-7-8-16(13-19(14)24-29(2,27)28)21(26)25-11-9-15(10-12-25)20-22-17-5-3-4-6-18(17)23-20/h3-8,13,15,24H,9-12H2,1-2H3,(H,22,23). The van der Waals surface area contributed by atoms with Crippen molar-refractivity contribution in [2.45, 2.75) is 25.7 Å². The Morgan fingerprint density at radius 3 is 2.59 bits per heavy atom. The smallest absolute Gasteiger partial charge is 0.253 e. The number of nitrogens with one attached hydrogen (secondary N) is 2. The van der Waals surface area contributed by atoms with Gasteiger partial charge in [0.15, 0.2) is 0 Å². The molecule has 0 atom stereocenters. The van der Waals surface area contributed by atoms with Gasteiger partial charge in [-0.25, -0.2) is 13.4 Å². The number of hydrogen-bond acceptors (Lipinski definition) is 4. The fourth-order valence-electron chi connectivity index (χ4n) is 3.77. The maximum Gasteiger partial charge on any atom is 0.253 e. The molecule has 2 aromatic carbocycles. The summed E-state index contributed by atoms with van der Waals surface area (Å²) in [5, 5.41) is 0. The number of imidazole rings is 1. The summed E-state index contributed by atoms with van der Waals surface area (Å²) in [4.78, 5) is 22.9. The average Bonchev–Trinajstić information content (AvgIpc) is 3.12. The van der Waals surface area contributed by atoms with E-state index in [9.17, 15) is 13.2 Å². The molecule has 2 heterocycles. The van der Waals surface area contributed by atoms with E-state index in [1.165, 1.54) is 0 Å². The second-order valence-electron chi connectivity index (χ2n) is 7.61. The van der Waals surface area contributed by atoms with Gasteiger partial charge in [-0.15, -0.1) is 0 Å². The molecule has 1 amide bonds. The molecule has 4 rings (SSSR count). The van der Waals surface area contributed by atoms with E-state index in [0.717, 1.165) is 41.5 Å². The average molecular weight is 413 g/mol. The molecule has 0 unspecified atom stereocenters. The molecule has 1 aromatic heterocycles. The summed E-state index contributed by atoms with van der Waals surface area (Å²) in [7, 11) is -3.40. The number of piperidine rings is 1. The van der Waals surface area contributed by atoms with Crippen LogP contribution in [-0.2, 0) is 10.0 Å². The first-order valence-electron chi connectivity index (χ1n) is 9.62. The minimum atomic E-state index is -3.40. The van der Waals surface area contributed by atoms with Crippen LogP contribution in [0.25, 0.3) is 11.0 Å². The number of aromatic amines is 1. The first kappa shape index (κ1) is 19.4. The van der Waals surface area contributed by atoms with Gasteiger partial charge in [-0.05, 0) is 49.6 Å². The second kappa shape index (κ2) is 7.51. The van der Waals surface area contributed by atoms with Crippen molar-refractivity contribution in [3.05, 3.63) is 59.4 Å². The van der Waals surface area contributed by atoms with Crippen molar-refractivity contribution in [1.29, 1.82) is 0 Å². The molecule has 0 spiro atoms. The van der Waals surface area contributed by atoms with E-state index in [-0.39, 0.29) is 5.91 Å². The number of likely N-dealkylation sites (tertiary alicyclic amines) is 1. The van der Waals surface area contributed by atoms with Gasteiger partial charge < -0.3 is 9.88 Å². The summed E-state index contributed by atoms with van der Waals surface area (Å²) in [6.07, 6.45) is 2.78. The molecule has 0 radical (unpaired) electrons. The number of para-hydroxylation sites is 2. The number of carbonyl (C=O) groups is 1. The van der Waals surface area contributed by atoms with Gasteiger partial charge in [0.25, 0.3) is 5.91 Å². The van der Waals surface area contributed by atoms with E-state index in [1.54, 1.807) is 25.1 Å². The molecule has 1 aliphatic heterocycles. The number of benzene rings is 2. The number of fused-ring (bicyclic) bond motifs is 1. The lowest BCUT2D eigenvalue weighted by Gasteiger charge is -2.31. The zero-order valence-electron chi connectivity index (χ0n) is 16.5. The van der Waals surface area contributed by atoms with Gasteiger partial charge in [-0.1, -0.05) is 18.2 Å². The Bertz CT molecular complexity index is 1130. The monoisotopic (exact) mass is 412 g/mol. The van der Waals surface area contributed by atoms with Crippen LogP contribution in [0.15, 0.2) is 42.5 Å². The molecule has 3 aromatic rings. The van der Waals surface area contributed by atoms with Gasteiger partial charge in [-0.2, -0.15) is 0 Å². The Kier molecular flexibility index (Phi) is 5.04. The molecule has 0 aliphatic carbocycles. The van der Waals surface area contributed by atoms with Crippen LogP contribution >= 0.6 is 0 Å². The fraction of sp³-hybridized carbons (Fsp3) is 0.333. The molecule has 29 heavy (non-hydrogen) atoms. The van der Waals surface area contributed by atoms with Crippen molar-refractivity contribution >= 4 is 32.7 Å². The largest absolute Gasteiger partial charge is 0.342 e. The number of carbonyl (C=O) groups excluding carboxylic acids is 1. The highest BCUT2D eigenvalue weighted by Crippen LogP contribution is 2.29. The van der Waals surface area contributed by atoms with Crippen molar-refractivity contribution in [1.82, 2.24) is 14.9 Å². The Morgan fingerprint density at radius 1 is 1.17 bits per heavy atom. The predicted molar refractivity (Wildman–Crippen MR) is 114 cm³/mol. The first-order valence-corrected chi connectivity index (χ1v) is 11.5. The summed E-state index contributed by atoms with van der Waals surface area (Å²) in [6, 6.07) is 13.1. The highest BCUT2D eigenvalue weighted by Gasteiger charge is 2.26. The fourth-order valence-corrected chi connectivity index (χ4v) is 4.39. The lowest BCUT2D eigenvalue weighted by Crippen LogP contribution is -2.38. The summed E-state index contributed by atoms with van der Waals surface area (Å²) in [6.45, 7) is 3.09. The zero-order chi connectivity index (χ0) is 20.6. The number of aromatic nitrogens is 2. The summed E-state index contributed by atoms with van der Waals surface area (Å²) < 4.78 is 25.6. The number of amides is 1. The molecule has 0 saturated carbocycles. The Hall–Kier alpha value is -2.87. The molecule has 1 fully saturated rings. The normalized spacial score (nSPS) is 15.6. The number of aryl methyl sites for hydroxylation is 1. The van der Waals surface area contributed by atoms with Crippen molar-refractivity contribution in [2.24, 2.45) is 0 Å². The third kappa shape index (κ3) is 4.27. The quantitative estimate of drug-likeness (QED) is 0.688. The maximum atomic E-state index is 12.9. The van der Waals surface area contributed by atoms with Crippen LogP contribution in [0.5, 0.6) is 0 Å². The summed E-state index contributed by atoms with van der Waals surface area (Å²) in [5.74, 6) is 1.20. The van der Waals surface area contributed by atoms with Crippen LogP contribution in [0.1, 0.15) is 40.5 Å². The Morgan fingerprint density at radius 2 is 1.90 bits per heavy atom. The Labute approximate surface area is 170 Å². The van der Waals surface area contributed by atoms with Gasteiger partial charge in [0.1, 0.15) is 5.82 Å². The molecule has 152 valence electrons. The number of rotatable bonds is 4. The van der Waals surface area contributed by atoms with E-state index in [2.05, 4.69) is 9.71 Å². The van der Waals surface area contributed by atoms with Crippen molar-refractivity contribution < 1.29 is 13.2 Å². The van der Waals surface area contributed by atoms with E-state index in [1.807, 2.05) is 29.2 Å². The number of nitrogens with zero attached hydrogens (tertiary/aromatic N) is 2. The second-order valence-corrected chi connectivity index (χ2v) is 9.36. The van der Waals surface area contributed by atoms with Gasteiger partial charge in [0, 0.05) is 24.6 Å². The number of hydrogen-bond donors (Lipinski definition) is 2. The van der Waals surface area contributed by atoms with Gasteiger partial charge in [0.2, 0.25) is 10.0 Å². The topological polar surface area (TPSA) is 95.2 Å². The van der Waals surface area contributed by atoms with Crippen LogP contribution in [-0.4, -0.2) is 48.5 Å². The van der Waals surface area contributed by atoms with E-state index in [4.69, 9.17) is 4.98 Å². The van der Waals surface area contributed by atoms with Crippen LogP contribution in [0.3, 0.4) is 0 Å². The van der Waals surface area contributed by atoms with Crippen LogP contribution in [0, 0.1) is 6.92 Å². The molecule has 2 N–H and O–H groups in total. The number of anilines is 1. The third-order valence-electron chi connectivity index (χ3n) is 5.36. The van der Waals surface area contributed by atoms with E-state index in [0.29, 0.717) is 30.3 Å². The predicted octanol–water partition coefficient (Wildman–Crippen LogP) is 3.26. The highest BCUT2D eigenvalue weighted by molar-refractivity contribution is 7.92. The number of H-pyrrole nitrogens is 1. The molecule has 1 aliphatic rings. The molecule has 8 heteroatoms. The van der Waals surface area contributed by atoms with Crippen LogP contribution in [0.4, 0.5) is 5.69 Å². The molecular formula is C21H24N4O3S. The number of sulfonamides is 1. The minimum absolute atomic E-state index is 0.0791. The van der Waals surface area contributed by atoms with Gasteiger partial charge in [0.05, 0.1) is 23.0 Å². The lowest BCUT2D eigenvalue weighted by molar-refractivity contribution is 0.0711. The zero-order valence-corrected chi connectivity index (χ0v) is 17.3. The van der Waals surface area contributed by atoms with Crippen LogP contribution < -0.4 is 4.72 Å². The van der Waals surface area contributed by atoms with Gasteiger partial charge >= 0.3 is 0 Å². The molecular weight excluding hydrogens is 388 g/mol. The van der Waals surface area contributed by atoms with Crippen molar-refractivity contribution in [3.8, 4) is 0 Å². The first-order chi connectivity index (χ1) is 13.8. The van der Waals surface area contributed by atoms with Crippen LogP contribution in [0.2, 0.25) is 0 Å². The molecule has 7 nitrogen and oxygen atoms in total. The lowest BCUT2D eigenvalue weighted by atomic mass is 9.95. The molecule has 1 saturated heterocycles.